The highest BCUT2D eigenvalue weighted by molar-refractivity contribution is 6.30. The average molecular weight is 425 g/mol. The van der Waals surface area contributed by atoms with Crippen LogP contribution < -0.4 is 14.8 Å². The van der Waals surface area contributed by atoms with Gasteiger partial charge in [-0.2, -0.15) is 5.26 Å². The average Bonchev–Trinajstić information content (AvgIpc) is 2.71. The Morgan fingerprint density at radius 2 is 2.00 bits per heavy atom. The molecule has 0 spiro atoms. The van der Waals surface area contributed by atoms with Gasteiger partial charge in [0.15, 0.2) is 11.5 Å². The lowest BCUT2D eigenvalue weighted by atomic mass is 10.0. The lowest BCUT2D eigenvalue weighted by molar-refractivity contribution is -0.117. The minimum Gasteiger partial charge on any atom is -0.493 e. The number of nitrogens with one attached hydrogen (secondary N) is 1. The Balaban J connectivity index is 2.38. The number of methoxy groups -OCH3 is 1. The number of amides is 1. The standard InChI is InChI=1S/C24H25ClN2O3/c1-5-6-19-11-18(12-20(14-26)24(28)27-16(2)3)13-22(29-4)23(19)30-15-17-7-9-21(25)10-8-17/h5,7-13,16H,1,6,15H2,2-4H3,(H,27,28)/b20-12-. The van der Waals surface area contributed by atoms with Crippen molar-refractivity contribution in [1.82, 2.24) is 5.32 Å². The molecule has 5 nitrogen and oxygen atoms in total. The van der Waals surface area contributed by atoms with Crippen LogP contribution >= 0.6 is 11.6 Å². The first kappa shape index (κ1) is 23.1. The minimum atomic E-state index is -0.417. The molecule has 0 fully saturated rings. The van der Waals surface area contributed by atoms with Crippen molar-refractivity contribution in [3.63, 3.8) is 0 Å². The lowest BCUT2D eigenvalue weighted by Crippen LogP contribution is -2.30. The molecule has 0 saturated carbocycles. The summed E-state index contributed by atoms with van der Waals surface area (Å²) >= 11 is 5.94. The second kappa shape index (κ2) is 11.1. The van der Waals surface area contributed by atoms with Crippen LogP contribution in [0.25, 0.3) is 6.08 Å². The SMILES string of the molecule is C=CCc1cc(/C=C(/C#N)C(=O)NC(C)C)cc(OC)c1OCc1ccc(Cl)cc1. The maximum absolute atomic E-state index is 12.2. The molecule has 0 aromatic heterocycles. The third-order valence-electron chi connectivity index (χ3n) is 4.13. The summed E-state index contributed by atoms with van der Waals surface area (Å²) in [4.78, 5) is 12.2. The van der Waals surface area contributed by atoms with Crippen molar-refractivity contribution >= 4 is 23.6 Å². The first-order valence-corrected chi connectivity index (χ1v) is 9.87. The zero-order valence-electron chi connectivity index (χ0n) is 17.4. The van der Waals surface area contributed by atoms with Gasteiger partial charge in [0, 0.05) is 16.6 Å². The van der Waals surface area contributed by atoms with Gasteiger partial charge in [-0.15, -0.1) is 6.58 Å². The Morgan fingerprint density at radius 3 is 2.57 bits per heavy atom. The summed E-state index contributed by atoms with van der Waals surface area (Å²) in [6.45, 7) is 7.82. The molecule has 0 radical (unpaired) electrons. The first-order chi connectivity index (χ1) is 14.4. The Kier molecular flexibility index (Phi) is 8.52. The van der Waals surface area contributed by atoms with Gasteiger partial charge in [-0.25, -0.2) is 0 Å². The van der Waals surface area contributed by atoms with E-state index in [4.69, 9.17) is 21.1 Å². The highest BCUT2D eigenvalue weighted by Gasteiger charge is 2.15. The van der Waals surface area contributed by atoms with Crippen molar-refractivity contribution in [1.29, 1.82) is 5.26 Å². The molecular weight excluding hydrogens is 400 g/mol. The molecular formula is C24H25ClN2O3. The molecule has 0 unspecified atom stereocenters. The summed E-state index contributed by atoms with van der Waals surface area (Å²) in [5.74, 6) is 0.686. The highest BCUT2D eigenvalue weighted by atomic mass is 35.5. The third kappa shape index (κ3) is 6.40. The number of hydrogen-bond acceptors (Lipinski definition) is 4. The Hall–Kier alpha value is -3.23. The second-order valence-electron chi connectivity index (χ2n) is 6.92. The number of carbonyl (C=O) groups is 1. The fraction of sp³-hybridized carbons (Fsp3) is 0.250. The van der Waals surface area contributed by atoms with E-state index in [0.29, 0.717) is 35.1 Å². The van der Waals surface area contributed by atoms with Crippen molar-refractivity contribution in [2.45, 2.75) is 32.9 Å². The predicted molar refractivity (Wildman–Crippen MR) is 120 cm³/mol. The zero-order chi connectivity index (χ0) is 22.1. The van der Waals surface area contributed by atoms with Crippen LogP contribution in [0.2, 0.25) is 5.02 Å². The normalized spacial score (nSPS) is 11.0. The Bertz CT molecular complexity index is 973. The largest absolute Gasteiger partial charge is 0.493 e. The predicted octanol–water partition coefficient (Wildman–Crippen LogP) is 5.09. The van der Waals surface area contributed by atoms with Crippen LogP contribution in [0.4, 0.5) is 0 Å². The van der Waals surface area contributed by atoms with Crippen molar-refractivity contribution in [3.05, 3.63) is 76.3 Å². The van der Waals surface area contributed by atoms with Crippen molar-refractivity contribution in [3.8, 4) is 17.6 Å². The Labute approximate surface area is 182 Å². The summed E-state index contributed by atoms with van der Waals surface area (Å²) in [5, 5.41) is 12.8. The highest BCUT2D eigenvalue weighted by Crippen LogP contribution is 2.35. The van der Waals surface area contributed by atoms with Gasteiger partial charge in [0.25, 0.3) is 5.91 Å². The van der Waals surface area contributed by atoms with Crippen LogP contribution in [-0.2, 0) is 17.8 Å². The monoisotopic (exact) mass is 424 g/mol. The molecule has 1 amide bonds. The van der Waals surface area contributed by atoms with Crippen LogP contribution in [-0.4, -0.2) is 19.1 Å². The van der Waals surface area contributed by atoms with Gasteiger partial charge >= 0.3 is 0 Å². The van der Waals surface area contributed by atoms with Gasteiger partial charge in [0.1, 0.15) is 18.2 Å². The van der Waals surface area contributed by atoms with Crippen LogP contribution in [0.1, 0.15) is 30.5 Å². The number of hydrogen-bond donors (Lipinski definition) is 1. The summed E-state index contributed by atoms with van der Waals surface area (Å²) in [6.07, 6.45) is 3.83. The number of nitriles is 1. The maximum atomic E-state index is 12.2. The van der Waals surface area contributed by atoms with Gasteiger partial charge in [-0.3, -0.25) is 4.79 Å². The number of benzene rings is 2. The van der Waals surface area contributed by atoms with Crippen molar-refractivity contribution < 1.29 is 14.3 Å². The van der Waals surface area contributed by atoms with Crippen LogP contribution in [0, 0.1) is 11.3 Å². The van der Waals surface area contributed by atoms with E-state index < -0.39 is 5.91 Å². The molecule has 2 aromatic rings. The first-order valence-electron chi connectivity index (χ1n) is 9.49. The molecule has 0 aliphatic rings. The van der Waals surface area contributed by atoms with Gasteiger partial charge in [-0.1, -0.05) is 29.8 Å². The zero-order valence-corrected chi connectivity index (χ0v) is 18.1. The molecule has 0 saturated heterocycles. The van der Waals surface area contributed by atoms with E-state index >= 15 is 0 Å². The number of carbonyl (C=O) groups excluding carboxylic acids is 1. The molecule has 0 aliphatic heterocycles. The maximum Gasteiger partial charge on any atom is 0.262 e. The fourth-order valence-corrected chi connectivity index (χ4v) is 2.91. The van der Waals surface area contributed by atoms with Gasteiger partial charge < -0.3 is 14.8 Å². The number of halogens is 1. The summed E-state index contributed by atoms with van der Waals surface area (Å²) in [7, 11) is 1.55. The van der Waals surface area contributed by atoms with Crippen LogP contribution in [0.15, 0.2) is 54.6 Å². The van der Waals surface area contributed by atoms with Crippen LogP contribution in [0.5, 0.6) is 11.5 Å². The molecule has 0 atom stereocenters. The number of nitrogens with zero attached hydrogens (tertiary/aromatic N) is 1. The quantitative estimate of drug-likeness (QED) is 0.346. The minimum absolute atomic E-state index is 0.0186. The van der Waals surface area contributed by atoms with Gasteiger partial charge in [-0.05, 0) is 61.7 Å². The second-order valence-corrected chi connectivity index (χ2v) is 7.35. The van der Waals surface area contributed by atoms with E-state index in [1.807, 2.05) is 50.2 Å². The van der Waals surface area contributed by atoms with E-state index in [9.17, 15) is 10.1 Å². The molecule has 1 N–H and O–H groups in total. The van der Waals surface area contributed by atoms with E-state index in [2.05, 4.69) is 11.9 Å². The molecule has 0 bridgehead atoms. The number of allylic oxidation sites excluding steroid dienone is 1. The molecule has 0 aliphatic carbocycles. The molecule has 2 aromatic carbocycles. The van der Waals surface area contributed by atoms with Gasteiger partial charge in [0.05, 0.1) is 7.11 Å². The lowest BCUT2D eigenvalue weighted by Gasteiger charge is -2.16. The number of rotatable bonds is 9. The number of ether oxygens (including phenoxy) is 2. The van der Waals surface area contributed by atoms with E-state index in [0.717, 1.165) is 11.1 Å². The van der Waals surface area contributed by atoms with Gasteiger partial charge in [0.2, 0.25) is 0 Å². The van der Waals surface area contributed by atoms with E-state index in [1.54, 1.807) is 19.3 Å². The smallest absolute Gasteiger partial charge is 0.262 e. The van der Waals surface area contributed by atoms with Crippen molar-refractivity contribution in [2.24, 2.45) is 0 Å². The fourth-order valence-electron chi connectivity index (χ4n) is 2.78. The van der Waals surface area contributed by atoms with E-state index in [-0.39, 0.29) is 11.6 Å². The topological polar surface area (TPSA) is 71.4 Å². The third-order valence-corrected chi connectivity index (χ3v) is 4.38. The summed E-state index contributed by atoms with van der Waals surface area (Å²) < 4.78 is 11.6. The van der Waals surface area contributed by atoms with Crippen molar-refractivity contribution in [2.75, 3.05) is 7.11 Å². The van der Waals surface area contributed by atoms with Crippen LogP contribution in [0.3, 0.4) is 0 Å². The Morgan fingerprint density at radius 1 is 1.30 bits per heavy atom. The molecule has 30 heavy (non-hydrogen) atoms. The summed E-state index contributed by atoms with van der Waals surface area (Å²) in [6, 6.07) is 12.9. The molecule has 0 heterocycles. The van der Waals surface area contributed by atoms with E-state index in [1.165, 1.54) is 6.08 Å². The molecule has 156 valence electrons. The molecule has 6 heteroatoms. The summed E-state index contributed by atoms with van der Waals surface area (Å²) in [5.41, 5.74) is 2.49. The molecule has 2 rings (SSSR count).